The fraction of sp³-hybridized carbons (Fsp3) is 0.733. The molecule has 2 rings (SSSR count). The number of rotatable bonds is 5. The Kier molecular flexibility index (Phi) is 4.27. The van der Waals surface area contributed by atoms with E-state index in [0.29, 0.717) is 0 Å². The lowest BCUT2D eigenvalue weighted by Gasteiger charge is -2.33. The van der Waals surface area contributed by atoms with Crippen LogP contribution in [0.2, 0.25) is 0 Å². The van der Waals surface area contributed by atoms with E-state index in [9.17, 15) is 0 Å². The normalized spacial score (nSPS) is 17.8. The monoisotopic (exact) mass is 262 g/mol. The largest absolute Gasteiger partial charge is 0.370 e. The topological polar surface area (TPSA) is 41.1 Å². The van der Waals surface area contributed by atoms with Gasteiger partial charge in [-0.05, 0) is 40.0 Å². The Morgan fingerprint density at radius 3 is 2.68 bits per heavy atom. The van der Waals surface area contributed by atoms with E-state index in [1.54, 1.807) is 0 Å². The predicted molar refractivity (Wildman–Crippen MR) is 80.8 cm³/mol. The first-order valence-corrected chi connectivity index (χ1v) is 7.46. The second kappa shape index (κ2) is 5.76. The van der Waals surface area contributed by atoms with Gasteiger partial charge in [-0.15, -0.1) is 0 Å². The molecule has 4 heteroatoms. The van der Waals surface area contributed by atoms with Crippen LogP contribution in [0, 0.1) is 0 Å². The minimum absolute atomic E-state index is 0.210. The van der Waals surface area contributed by atoms with E-state index < -0.39 is 0 Å². The molecule has 0 radical (unpaired) electrons. The highest BCUT2D eigenvalue weighted by molar-refractivity contribution is 5.51. The first kappa shape index (κ1) is 14.1. The summed E-state index contributed by atoms with van der Waals surface area (Å²) in [6, 6.07) is 2.09. The van der Waals surface area contributed by atoms with Gasteiger partial charge in [0.2, 0.25) is 0 Å². The van der Waals surface area contributed by atoms with Crippen LogP contribution >= 0.6 is 0 Å². The van der Waals surface area contributed by atoms with Crippen LogP contribution in [0.3, 0.4) is 0 Å². The molecule has 1 saturated heterocycles. The van der Waals surface area contributed by atoms with Gasteiger partial charge < -0.3 is 10.2 Å². The van der Waals surface area contributed by atoms with Crippen molar-refractivity contribution in [1.82, 2.24) is 9.97 Å². The van der Waals surface area contributed by atoms with E-state index >= 15 is 0 Å². The summed E-state index contributed by atoms with van der Waals surface area (Å²) < 4.78 is 0. The average molecular weight is 262 g/mol. The van der Waals surface area contributed by atoms with Gasteiger partial charge in [0.25, 0.3) is 0 Å². The van der Waals surface area contributed by atoms with Gasteiger partial charge in [0.15, 0.2) is 0 Å². The van der Waals surface area contributed by atoms with Gasteiger partial charge in [-0.1, -0.05) is 6.92 Å². The first-order chi connectivity index (χ1) is 9.06. The molecule has 106 valence electrons. The van der Waals surface area contributed by atoms with Crippen molar-refractivity contribution in [2.24, 2.45) is 0 Å². The molecule has 0 bridgehead atoms. The van der Waals surface area contributed by atoms with Crippen molar-refractivity contribution in [2.45, 2.75) is 58.9 Å². The third-order valence-electron chi connectivity index (χ3n) is 3.77. The van der Waals surface area contributed by atoms with Crippen molar-refractivity contribution in [2.75, 3.05) is 23.3 Å². The highest BCUT2D eigenvalue weighted by atomic mass is 15.3. The number of hydrogen-bond acceptors (Lipinski definition) is 4. The third kappa shape index (κ3) is 3.17. The molecule has 1 aliphatic rings. The Hall–Kier alpha value is -1.32. The molecule has 0 unspecified atom stereocenters. The van der Waals surface area contributed by atoms with Crippen molar-refractivity contribution in [1.29, 1.82) is 0 Å². The molecule has 0 spiro atoms. The van der Waals surface area contributed by atoms with Crippen LogP contribution in [-0.4, -0.2) is 28.6 Å². The molecule has 0 amide bonds. The van der Waals surface area contributed by atoms with E-state index in [-0.39, 0.29) is 5.54 Å². The summed E-state index contributed by atoms with van der Waals surface area (Å²) in [6.45, 7) is 10.9. The maximum absolute atomic E-state index is 4.76. The molecule has 0 aliphatic carbocycles. The molecule has 0 saturated carbocycles. The Morgan fingerprint density at radius 1 is 1.32 bits per heavy atom. The quantitative estimate of drug-likeness (QED) is 0.884. The minimum Gasteiger partial charge on any atom is -0.370 e. The fourth-order valence-corrected chi connectivity index (χ4v) is 2.76. The van der Waals surface area contributed by atoms with E-state index in [1.165, 1.54) is 12.8 Å². The number of aromatic nitrogens is 2. The van der Waals surface area contributed by atoms with Crippen LogP contribution < -0.4 is 10.2 Å². The summed E-state index contributed by atoms with van der Waals surface area (Å²) in [6.07, 6.45) is 4.51. The smallest absolute Gasteiger partial charge is 0.134 e. The molecule has 0 aromatic carbocycles. The molecular formula is C15H26N4. The van der Waals surface area contributed by atoms with Crippen molar-refractivity contribution in [3.8, 4) is 0 Å². The van der Waals surface area contributed by atoms with E-state index in [2.05, 4.69) is 49.0 Å². The lowest BCUT2D eigenvalue weighted by Crippen LogP contribution is -2.38. The Labute approximate surface area is 116 Å². The summed E-state index contributed by atoms with van der Waals surface area (Å²) in [5.74, 6) is 2.99. The lowest BCUT2D eigenvalue weighted by atomic mass is 10.0. The van der Waals surface area contributed by atoms with Crippen LogP contribution in [0.1, 0.15) is 52.8 Å². The minimum atomic E-state index is 0.210. The molecule has 1 fully saturated rings. The molecular weight excluding hydrogens is 236 g/mol. The van der Waals surface area contributed by atoms with Crippen LogP contribution in [-0.2, 0) is 6.42 Å². The summed E-state index contributed by atoms with van der Waals surface area (Å²) in [5.41, 5.74) is 0.210. The van der Waals surface area contributed by atoms with Gasteiger partial charge in [-0.3, -0.25) is 0 Å². The molecule has 0 atom stereocenters. The molecule has 4 nitrogen and oxygen atoms in total. The Morgan fingerprint density at radius 2 is 2.11 bits per heavy atom. The molecule has 1 aromatic rings. The molecule has 1 N–H and O–H groups in total. The standard InChI is InChI=1S/C15H26N4/c1-5-8-12-17-13(16-6-2)11-14(18-12)19-10-7-9-15(19,3)4/h11H,5-10H2,1-4H3,(H,16,17,18). The number of nitrogens with one attached hydrogen (secondary N) is 1. The first-order valence-electron chi connectivity index (χ1n) is 7.46. The van der Waals surface area contributed by atoms with Gasteiger partial charge in [-0.2, -0.15) is 0 Å². The summed E-state index contributed by atoms with van der Waals surface area (Å²) in [5, 5.41) is 3.32. The SMILES string of the molecule is CCCc1nc(NCC)cc(N2CCCC2(C)C)n1. The maximum atomic E-state index is 4.76. The van der Waals surface area contributed by atoms with E-state index in [4.69, 9.17) is 4.98 Å². The molecule has 2 heterocycles. The predicted octanol–water partition coefficient (Wildman–Crippen LogP) is 3.24. The van der Waals surface area contributed by atoms with Gasteiger partial charge in [0.05, 0.1) is 0 Å². The van der Waals surface area contributed by atoms with Crippen molar-refractivity contribution in [3.63, 3.8) is 0 Å². The van der Waals surface area contributed by atoms with Crippen LogP contribution in [0.5, 0.6) is 0 Å². The number of aryl methyl sites for hydroxylation is 1. The van der Waals surface area contributed by atoms with Gasteiger partial charge in [-0.25, -0.2) is 9.97 Å². The fourth-order valence-electron chi connectivity index (χ4n) is 2.76. The Balaban J connectivity index is 2.32. The van der Waals surface area contributed by atoms with Gasteiger partial charge in [0, 0.05) is 31.1 Å². The molecule has 19 heavy (non-hydrogen) atoms. The third-order valence-corrected chi connectivity index (χ3v) is 3.77. The van der Waals surface area contributed by atoms with E-state index in [0.717, 1.165) is 43.4 Å². The molecule has 1 aromatic heterocycles. The highest BCUT2D eigenvalue weighted by Crippen LogP contribution is 2.33. The zero-order valence-electron chi connectivity index (χ0n) is 12.7. The number of hydrogen-bond donors (Lipinski definition) is 1. The second-order valence-corrected chi connectivity index (χ2v) is 5.88. The van der Waals surface area contributed by atoms with Gasteiger partial charge in [0.1, 0.15) is 17.5 Å². The van der Waals surface area contributed by atoms with Crippen LogP contribution in [0.4, 0.5) is 11.6 Å². The van der Waals surface area contributed by atoms with Crippen LogP contribution in [0.15, 0.2) is 6.07 Å². The maximum Gasteiger partial charge on any atom is 0.134 e. The zero-order chi connectivity index (χ0) is 13.9. The van der Waals surface area contributed by atoms with Crippen molar-refractivity contribution in [3.05, 3.63) is 11.9 Å². The summed E-state index contributed by atoms with van der Waals surface area (Å²) >= 11 is 0. The van der Waals surface area contributed by atoms with E-state index in [1.807, 2.05) is 0 Å². The van der Waals surface area contributed by atoms with Crippen molar-refractivity contribution < 1.29 is 0 Å². The number of nitrogens with zero attached hydrogens (tertiary/aromatic N) is 3. The highest BCUT2D eigenvalue weighted by Gasteiger charge is 2.33. The zero-order valence-corrected chi connectivity index (χ0v) is 12.7. The summed E-state index contributed by atoms with van der Waals surface area (Å²) in [4.78, 5) is 11.8. The second-order valence-electron chi connectivity index (χ2n) is 5.88. The number of anilines is 2. The van der Waals surface area contributed by atoms with Crippen molar-refractivity contribution >= 4 is 11.6 Å². The average Bonchev–Trinajstić information content (AvgIpc) is 2.69. The summed E-state index contributed by atoms with van der Waals surface area (Å²) in [7, 11) is 0. The molecule has 1 aliphatic heterocycles. The Bertz CT molecular complexity index is 404. The van der Waals surface area contributed by atoms with Gasteiger partial charge >= 0.3 is 0 Å². The lowest BCUT2D eigenvalue weighted by molar-refractivity contribution is 0.513. The van der Waals surface area contributed by atoms with Crippen LogP contribution in [0.25, 0.3) is 0 Å².